The average molecular weight is 288 g/mol. The smallest absolute Gasteiger partial charge is 0.348 e. The number of carbonyl (C=O) groups is 1. The van der Waals surface area contributed by atoms with Crippen LogP contribution in [-0.4, -0.2) is 29.1 Å². The molecule has 1 aliphatic heterocycles. The van der Waals surface area contributed by atoms with E-state index in [2.05, 4.69) is 16.8 Å². The van der Waals surface area contributed by atoms with E-state index < -0.39 is 5.97 Å². The summed E-state index contributed by atoms with van der Waals surface area (Å²) in [5.74, 6) is -0.257. The van der Waals surface area contributed by atoms with E-state index in [0.29, 0.717) is 16.5 Å². The Kier molecular flexibility index (Phi) is 3.44. The van der Waals surface area contributed by atoms with Gasteiger partial charge in [0.05, 0.1) is 5.69 Å². The van der Waals surface area contributed by atoms with Crippen molar-refractivity contribution >= 4 is 22.4 Å². The number of benzene rings is 1. The van der Waals surface area contributed by atoms with Crippen molar-refractivity contribution in [1.82, 2.24) is 4.98 Å². The van der Waals surface area contributed by atoms with Crippen molar-refractivity contribution in [2.24, 2.45) is 5.92 Å². The number of carboxylic acids is 1. The molecule has 104 valence electrons. The Hall–Kier alpha value is -1.88. The highest BCUT2D eigenvalue weighted by atomic mass is 32.1. The maximum absolute atomic E-state index is 11.4. The third kappa shape index (κ3) is 2.41. The Morgan fingerprint density at radius 2 is 2.15 bits per heavy atom. The molecular formula is C15H16N2O2S. The number of nitrogens with zero attached hydrogens (tertiary/aromatic N) is 2. The zero-order valence-corrected chi connectivity index (χ0v) is 12.1. The van der Waals surface area contributed by atoms with Crippen molar-refractivity contribution in [2.45, 2.75) is 13.3 Å². The van der Waals surface area contributed by atoms with Gasteiger partial charge in [-0.2, -0.15) is 0 Å². The summed E-state index contributed by atoms with van der Waals surface area (Å²) in [5.41, 5.74) is 1.44. The third-order valence-corrected chi connectivity index (χ3v) is 4.66. The highest BCUT2D eigenvalue weighted by Crippen LogP contribution is 2.35. The van der Waals surface area contributed by atoms with Crippen LogP contribution >= 0.6 is 11.3 Å². The molecule has 1 aromatic carbocycles. The van der Waals surface area contributed by atoms with Crippen LogP contribution in [0.25, 0.3) is 11.3 Å². The van der Waals surface area contributed by atoms with Gasteiger partial charge in [-0.25, -0.2) is 9.78 Å². The summed E-state index contributed by atoms with van der Waals surface area (Å²) in [6, 6.07) is 9.52. The van der Waals surface area contributed by atoms with Gasteiger partial charge in [0, 0.05) is 18.7 Å². The van der Waals surface area contributed by atoms with Gasteiger partial charge in [0.15, 0.2) is 5.13 Å². The second-order valence-corrected chi connectivity index (χ2v) is 6.16. The Bertz CT molecular complexity index is 624. The first kappa shape index (κ1) is 13.1. The van der Waals surface area contributed by atoms with Crippen LogP contribution in [0.15, 0.2) is 30.3 Å². The lowest BCUT2D eigenvalue weighted by Gasteiger charge is -2.13. The topological polar surface area (TPSA) is 53.4 Å². The van der Waals surface area contributed by atoms with E-state index in [1.165, 1.54) is 11.3 Å². The van der Waals surface area contributed by atoms with E-state index in [4.69, 9.17) is 0 Å². The van der Waals surface area contributed by atoms with Crippen molar-refractivity contribution in [3.05, 3.63) is 35.2 Å². The zero-order chi connectivity index (χ0) is 14.1. The first-order valence-corrected chi connectivity index (χ1v) is 7.51. The van der Waals surface area contributed by atoms with E-state index in [1.807, 2.05) is 30.3 Å². The maximum Gasteiger partial charge on any atom is 0.348 e. The molecule has 1 saturated heterocycles. The lowest BCUT2D eigenvalue weighted by Crippen LogP contribution is -2.18. The molecule has 1 atom stereocenters. The molecular weight excluding hydrogens is 272 g/mol. The fourth-order valence-electron chi connectivity index (χ4n) is 2.49. The van der Waals surface area contributed by atoms with Gasteiger partial charge in [0.1, 0.15) is 4.88 Å². The molecule has 1 N–H and O–H groups in total. The van der Waals surface area contributed by atoms with E-state index in [0.717, 1.165) is 30.2 Å². The SMILES string of the molecule is CC1CCN(c2nc(-c3ccccc3)c(C(=O)O)s2)C1. The molecule has 1 aromatic heterocycles. The van der Waals surface area contributed by atoms with Crippen LogP contribution in [-0.2, 0) is 0 Å². The molecule has 0 amide bonds. The largest absolute Gasteiger partial charge is 0.477 e. The van der Waals surface area contributed by atoms with Crippen LogP contribution < -0.4 is 4.90 Å². The highest BCUT2D eigenvalue weighted by molar-refractivity contribution is 7.17. The molecule has 0 spiro atoms. The molecule has 2 aromatic rings. The summed E-state index contributed by atoms with van der Waals surface area (Å²) in [4.78, 5) is 18.5. The summed E-state index contributed by atoms with van der Waals surface area (Å²) < 4.78 is 0. The number of carboxylic acid groups (broad SMARTS) is 1. The van der Waals surface area contributed by atoms with Gasteiger partial charge in [0.2, 0.25) is 0 Å². The predicted octanol–water partition coefficient (Wildman–Crippen LogP) is 3.35. The van der Waals surface area contributed by atoms with E-state index >= 15 is 0 Å². The number of rotatable bonds is 3. The molecule has 4 nitrogen and oxygen atoms in total. The van der Waals surface area contributed by atoms with Crippen LogP contribution in [0.4, 0.5) is 5.13 Å². The monoisotopic (exact) mass is 288 g/mol. The molecule has 5 heteroatoms. The molecule has 0 aliphatic carbocycles. The molecule has 0 saturated carbocycles. The van der Waals surface area contributed by atoms with Crippen molar-refractivity contribution in [2.75, 3.05) is 18.0 Å². The van der Waals surface area contributed by atoms with Gasteiger partial charge in [-0.3, -0.25) is 0 Å². The quantitative estimate of drug-likeness (QED) is 0.941. The minimum absolute atomic E-state index is 0.325. The number of thiazole rings is 1. The Balaban J connectivity index is 2.01. The average Bonchev–Trinajstić information content (AvgIpc) is 3.05. The van der Waals surface area contributed by atoms with Gasteiger partial charge in [-0.15, -0.1) is 0 Å². The molecule has 1 unspecified atom stereocenters. The van der Waals surface area contributed by atoms with E-state index in [-0.39, 0.29) is 0 Å². The van der Waals surface area contributed by atoms with Crippen molar-refractivity contribution < 1.29 is 9.90 Å². The minimum atomic E-state index is -0.903. The fourth-order valence-corrected chi connectivity index (χ4v) is 3.45. The molecule has 2 heterocycles. The predicted molar refractivity (Wildman–Crippen MR) is 80.5 cm³/mol. The van der Waals surface area contributed by atoms with Gasteiger partial charge < -0.3 is 10.0 Å². The van der Waals surface area contributed by atoms with Gasteiger partial charge in [-0.05, 0) is 12.3 Å². The summed E-state index contributed by atoms with van der Waals surface area (Å²) in [6.45, 7) is 4.13. The van der Waals surface area contributed by atoms with Gasteiger partial charge in [-0.1, -0.05) is 48.6 Å². The van der Waals surface area contributed by atoms with Gasteiger partial charge in [0.25, 0.3) is 0 Å². The number of aromatic nitrogens is 1. The van der Waals surface area contributed by atoms with E-state index in [1.54, 1.807) is 0 Å². The van der Waals surface area contributed by atoms with Crippen LogP contribution in [0.5, 0.6) is 0 Å². The van der Waals surface area contributed by atoms with Crippen LogP contribution in [0.3, 0.4) is 0 Å². The van der Waals surface area contributed by atoms with Crippen molar-refractivity contribution in [3.63, 3.8) is 0 Å². The molecule has 0 radical (unpaired) electrons. The van der Waals surface area contributed by atoms with Crippen LogP contribution in [0, 0.1) is 5.92 Å². The lowest BCUT2D eigenvalue weighted by molar-refractivity contribution is 0.0702. The Morgan fingerprint density at radius 3 is 2.75 bits per heavy atom. The molecule has 1 aliphatic rings. The normalized spacial score (nSPS) is 18.4. The Labute approximate surface area is 121 Å². The van der Waals surface area contributed by atoms with Crippen LogP contribution in [0.1, 0.15) is 23.0 Å². The number of hydrogen-bond acceptors (Lipinski definition) is 4. The molecule has 1 fully saturated rings. The summed E-state index contributed by atoms with van der Waals surface area (Å²) in [5, 5.41) is 10.2. The number of hydrogen-bond donors (Lipinski definition) is 1. The fraction of sp³-hybridized carbons (Fsp3) is 0.333. The number of aromatic carboxylic acids is 1. The Morgan fingerprint density at radius 1 is 1.40 bits per heavy atom. The second-order valence-electron chi connectivity index (χ2n) is 5.19. The summed E-state index contributed by atoms with van der Waals surface area (Å²) >= 11 is 1.28. The van der Waals surface area contributed by atoms with Gasteiger partial charge >= 0.3 is 5.97 Å². The minimum Gasteiger partial charge on any atom is -0.477 e. The lowest BCUT2D eigenvalue weighted by atomic mass is 10.1. The van der Waals surface area contributed by atoms with Crippen molar-refractivity contribution in [1.29, 1.82) is 0 Å². The maximum atomic E-state index is 11.4. The molecule has 3 rings (SSSR count). The first-order chi connectivity index (χ1) is 9.65. The standard InChI is InChI=1S/C15H16N2O2S/c1-10-7-8-17(9-10)15-16-12(13(20-15)14(18)19)11-5-3-2-4-6-11/h2-6,10H,7-9H2,1H3,(H,18,19). The molecule has 20 heavy (non-hydrogen) atoms. The summed E-state index contributed by atoms with van der Waals surface area (Å²) in [6.07, 6.45) is 1.14. The van der Waals surface area contributed by atoms with E-state index in [9.17, 15) is 9.90 Å². The third-order valence-electron chi connectivity index (χ3n) is 3.55. The highest BCUT2D eigenvalue weighted by Gasteiger charge is 2.25. The van der Waals surface area contributed by atoms with Crippen molar-refractivity contribution in [3.8, 4) is 11.3 Å². The van der Waals surface area contributed by atoms with Crippen LogP contribution in [0.2, 0.25) is 0 Å². The zero-order valence-electron chi connectivity index (χ0n) is 11.2. The summed E-state index contributed by atoms with van der Waals surface area (Å²) in [7, 11) is 0. The first-order valence-electron chi connectivity index (χ1n) is 6.69. The molecule has 0 bridgehead atoms. The number of anilines is 1. The second kappa shape index (κ2) is 5.25.